The Bertz CT molecular complexity index is 461. The minimum Gasteiger partial charge on any atom is -0.397 e. The molecule has 0 saturated heterocycles. The number of rotatable bonds is 3. The van der Waals surface area contributed by atoms with Gasteiger partial charge in [0.25, 0.3) is 0 Å². The van der Waals surface area contributed by atoms with Gasteiger partial charge in [-0.25, -0.2) is 4.39 Å². The van der Waals surface area contributed by atoms with Crippen LogP contribution in [0, 0.1) is 17.1 Å². The van der Waals surface area contributed by atoms with Crippen LogP contribution in [-0.2, 0) is 0 Å². The molecule has 0 saturated carbocycles. The third-order valence-electron chi connectivity index (χ3n) is 2.19. The van der Waals surface area contributed by atoms with E-state index >= 15 is 0 Å². The summed E-state index contributed by atoms with van der Waals surface area (Å²) in [5.41, 5.74) is 7.50. The van der Waals surface area contributed by atoms with Gasteiger partial charge < -0.3 is 5.73 Å². The molecule has 0 aliphatic rings. The molecular formula is C12H12BrFN2. The number of nitrogens with two attached hydrogens (primary N) is 1. The quantitative estimate of drug-likeness (QED) is 0.862. The van der Waals surface area contributed by atoms with Crippen LogP contribution in [0.4, 0.5) is 4.39 Å². The zero-order valence-corrected chi connectivity index (χ0v) is 10.5. The lowest BCUT2D eigenvalue weighted by Crippen LogP contribution is -2.01. The van der Waals surface area contributed by atoms with Crippen LogP contribution in [0.3, 0.4) is 0 Å². The molecule has 0 aromatic heterocycles. The normalized spacial score (nSPS) is 11.9. The monoisotopic (exact) mass is 282 g/mol. The van der Waals surface area contributed by atoms with Crippen LogP contribution in [0.5, 0.6) is 0 Å². The second-order valence-electron chi connectivity index (χ2n) is 3.38. The van der Waals surface area contributed by atoms with E-state index in [-0.39, 0.29) is 5.82 Å². The molecule has 16 heavy (non-hydrogen) atoms. The van der Waals surface area contributed by atoms with Gasteiger partial charge in [0, 0.05) is 0 Å². The minimum atomic E-state index is -0.342. The molecule has 1 rings (SSSR count). The molecule has 0 amide bonds. The largest absolute Gasteiger partial charge is 0.397 e. The van der Waals surface area contributed by atoms with Gasteiger partial charge in [-0.1, -0.05) is 13.3 Å². The van der Waals surface area contributed by atoms with Gasteiger partial charge in [-0.2, -0.15) is 5.26 Å². The molecule has 0 heterocycles. The Kier molecular flexibility index (Phi) is 4.51. The van der Waals surface area contributed by atoms with Crippen molar-refractivity contribution >= 4 is 21.6 Å². The van der Waals surface area contributed by atoms with Gasteiger partial charge in [-0.15, -0.1) is 0 Å². The predicted molar refractivity (Wildman–Crippen MR) is 65.7 cm³/mol. The highest BCUT2D eigenvalue weighted by atomic mass is 79.9. The SMILES string of the molecule is CCC/C(C#N)=C(/N)c1ccc(F)c(Br)c1. The van der Waals surface area contributed by atoms with E-state index in [1.807, 2.05) is 6.92 Å². The maximum absolute atomic E-state index is 13.0. The summed E-state index contributed by atoms with van der Waals surface area (Å²) in [6.45, 7) is 1.98. The number of hydrogen-bond donors (Lipinski definition) is 1. The maximum atomic E-state index is 13.0. The van der Waals surface area contributed by atoms with Crippen molar-refractivity contribution in [2.75, 3.05) is 0 Å². The Morgan fingerprint density at radius 1 is 1.56 bits per heavy atom. The van der Waals surface area contributed by atoms with Gasteiger partial charge in [-0.05, 0) is 46.1 Å². The number of allylic oxidation sites excluding steroid dienone is 1. The summed E-state index contributed by atoms with van der Waals surface area (Å²) in [4.78, 5) is 0. The summed E-state index contributed by atoms with van der Waals surface area (Å²) < 4.78 is 13.4. The molecule has 4 heteroatoms. The van der Waals surface area contributed by atoms with Crippen LogP contribution < -0.4 is 5.73 Å². The van der Waals surface area contributed by atoms with Crippen molar-refractivity contribution in [3.8, 4) is 6.07 Å². The molecule has 0 aliphatic carbocycles. The van der Waals surface area contributed by atoms with Crippen molar-refractivity contribution in [1.82, 2.24) is 0 Å². The second-order valence-corrected chi connectivity index (χ2v) is 4.24. The van der Waals surface area contributed by atoms with Crippen LogP contribution in [0.1, 0.15) is 25.3 Å². The highest BCUT2D eigenvalue weighted by molar-refractivity contribution is 9.10. The fourth-order valence-electron chi connectivity index (χ4n) is 1.34. The van der Waals surface area contributed by atoms with E-state index in [1.165, 1.54) is 6.07 Å². The molecule has 0 bridgehead atoms. The lowest BCUT2D eigenvalue weighted by molar-refractivity contribution is 0.621. The number of benzene rings is 1. The van der Waals surface area contributed by atoms with E-state index in [9.17, 15) is 4.39 Å². The standard InChI is InChI=1S/C12H12BrFN2/c1-2-3-9(7-15)12(16)8-4-5-11(14)10(13)6-8/h4-6H,2-3,16H2,1H3/b12-9-. The van der Waals surface area contributed by atoms with Crippen LogP contribution >= 0.6 is 15.9 Å². The molecule has 2 nitrogen and oxygen atoms in total. The van der Waals surface area contributed by atoms with E-state index < -0.39 is 0 Å². The molecule has 0 aliphatic heterocycles. The van der Waals surface area contributed by atoms with Crippen LogP contribution in [0.15, 0.2) is 28.2 Å². The Hall–Kier alpha value is -1.34. The predicted octanol–water partition coefficient (Wildman–Crippen LogP) is 3.58. The Labute approximate surface area is 103 Å². The first-order valence-corrected chi connectivity index (χ1v) is 5.73. The third kappa shape index (κ3) is 2.83. The summed E-state index contributed by atoms with van der Waals surface area (Å²) >= 11 is 3.09. The van der Waals surface area contributed by atoms with E-state index in [2.05, 4.69) is 22.0 Å². The molecule has 0 atom stereocenters. The molecule has 0 unspecified atom stereocenters. The number of nitrogens with zero attached hydrogens (tertiary/aromatic N) is 1. The van der Waals surface area contributed by atoms with Gasteiger partial charge in [-0.3, -0.25) is 0 Å². The fraction of sp³-hybridized carbons (Fsp3) is 0.250. The zero-order chi connectivity index (χ0) is 12.1. The fourth-order valence-corrected chi connectivity index (χ4v) is 1.72. The summed E-state index contributed by atoms with van der Waals surface area (Å²) in [6, 6.07) is 6.56. The van der Waals surface area contributed by atoms with Crippen LogP contribution in [0.2, 0.25) is 0 Å². The van der Waals surface area contributed by atoms with Crippen LogP contribution in [-0.4, -0.2) is 0 Å². The van der Waals surface area contributed by atoms with Gasteiger partial charge >= 0.3 is 0 Å². The summed E-state index contributed by atoms with van der Waals surface area (Å²) in [5.74, 6) is -0.342. The number of halogens is 2. The van der Waals surface area contributed by atoms with E-state index in [0.717, 1.165) is 6.42 Å². The van der Waals surface area contributed by atoms with Gasteiger partial charge in [0.1, 0.15) is 5.82 Å². The lowest BCUT2D eigenvalue weighted by Gasteiger charge is -2.06. The topological polar surface area (TPSA) is 49.8 Å². The van der Waals surface area contributed by atoms with E-state index in [1.54, 1.807) is 12.1 Å². The first-order valence-electron chi connectivity index (χ1n) is 4.94. The molecular weight excluding hydrogens is 271 g/mol. The smallest absolute Gasteiger partial charge is 0.137 e. The van der Waals surface area contributed by atoms with Crippen LogP contribution in [0.25, 0.3) is 5.70 Å². The highest BCUT2D eigenvalue weighted by Crippen LogP contribution is 2.22. The molecule has 1 aromatic carbocycles. The van der Waals surface area contributed by atoms with Gasteiger partial charge in [0.05, 0.1) is 21.8 Å². The van der Waals surface area contributed by atoms with Crippen molar-refractivity contribution in [3.63, 3.8) is 0 Å². The first-order chi connectivity index (χ1) is 7.60. The van der Waals surface area contributed by atoms with E-state index in [4.69, 9.17) is 11.0 Å². The average molecular weight is 283 g/mol. The summed E-state index contributed by atoms with van der Waals surface area (Å²) in [5, 5.41) is 8.94. The second kappa shape index (κ2) is 5.66. The third-order valence-corrected chi connectivity index (χ3v) is 2.80. The Morgan fingerprint density at radius 2 is 2.25 bits per heavy atom. The van der Waals surface area contributed by atoms with Gasteiger partial charge in [0.15, 0.2) is 0 Å². The van der Waals surface area contributed by atoms with E-state index in [0.29, 0.717) is 27.7 Å². The lowest BCUT2D eigenvalue weighted by atomic mass is 10.0. The Balaban J connectivity index is 3.17. The molecule has 2 N–H and O–H groups in total. The van der Waals surface area contributed by atoms with Gasteiger partial charge in [0.2, 0.25) is 0 Å². The van der Waals surface area contributed by atoms with Crippen molar-refractivity contribution < 1.29 is 4.39 Å². The average Bonchev–Trinajstić information content (AvgIpc) is 2.28. The van der Waals surface area contributed by atoms with Crippen molar-refractivity contribution in [2.24, 2.45) is 5.73 Å². The molecule has 0 spiro atoms. The van der Waals surface area contributed by atoms with Crippen molar-refractivity contribution in [1.29, 1.82) is 5.26 Å². The zero-order valence-electron chi connectivity index (χ0n) is 8.93. The number of nitriles is 1. The molecule has 84 valence electrons. The summed E-state index contributed by atoms with van der Waals surface area (Å²) in [7, 11) is 0. The Morgan fingerprint density at radius 3 is 2.75 bits per heavy atom. The molecule has 0 radical (unpaired) electrons. The highest BCUT2D eigenvalue weighted by Gasteiger charge is 2.07. The summed E-state index contributed by atoms with van der Waals surface area (Å²) in [6.07, 6.45) is 1.49. The number of hydrogen-bond acceptors (Lipinski definition) is 2. The maximum Gasteiger partial charge on any atom is 0.137 e. The molecule has 1 aromatic rings. The molecule has 0 fully saturated rings. The first kappa shape index (κ1) is 12.7. The van der Waals surface area contributed by atoms with Crippen molar-refractivity contribution in [3.05, 3.63) is 39.6 Å². The van der Waals surface area contributed by atoms with Crippen molar-refractivity contribution in [2.45, 2.75) is 19.8 Å². The minimum absolute atomic E-state index is 0.342.